The molecule has 2 saturated heterocycles. The number of alkyl carbamates (subject to hydrolysis) is 1. The van der Waals surface area contributed by atoms with E-state index in [0.717, 1.165) is 79.2 Å². The molecular weight excluding hydrogens is 675 g/mol. The fourth-order valence-electron chi connectivity index (χ4n) is 12.6. The first kappa shape index (κ1) is 43.2. The van der Waals surface area contributed by atoms with Gasteiger partial charge >= 0.3 is 6.09 Å². The third-order valence-corrected chi connectivity index (χ3v) is 14.5. The zero-order valence-electron chi connectivity index (χ0n) is 35.8. The number of hydrogen-bond donors (Lipinski definition) is 2. The van der Waals surface area contributed by atoms with E-state index in [2.05, 4.69) is 62.1 Å². The number of hydrogen-bond acceptors (Lipinski definition) is 7. The summed E-state index contributed by atoms with van der Waals surface area (Å²) in [4.78, 5) is 43.6. The summed E-state index contributed by atoms with van der Waals surface area (Å²) in [5, 5.41) is 6.19. The molecule has 0 aromatic heterocycles. The van der Waals surface area contributed by atoms with Gasteiger partial charge in [0.25, 0.3) is 0 Å². The molecule has 8 saturated carbocycles. The minimum absolute atomic E-state index is 0.0206. The van der Waals surface area contributed by atoms with E-state index >= 15 is 0 Å². The van der Waals surface area contributed by atoms with Crippen LogP contribution in [-0.4, -0.2) is 90.4 Å². The molecule has 8 bridgehead atoms. The van der Waals surface area contributed by atoms with Crippen molar-refractivity contribution >= 4 is 18.1 Å². The smallest absolute Gasteiger partial charge is 0.407 e. The number of nitrogens with one attached hydrogen (secondary N) is 2. The normalized spacial score (nSPS) is 36.9. The second-order valence-corrected chi connectivity index (χ2v) is 20.5. The van der Waals surface area contributed by atoms with Crippen LogP contribution in [0, 0.1) is 59.2 Å². The van der Waals surface area contributed by atoms with Crippen molar-refractivity contribution < 1.29 is 19.1 Å². The van der Waals surface area contributed by atoms with Gasteiger partial charge in [0.1, 0.15) is 5.60 Å². The minimum Gasteiger partial charge on any atom is -0.444 e. The molecule has 54 heavy (non-hydrogen) atoms. The third kappa shape index (κ3) is 12.0. The standard InChI is InChI=1S/C21H34N2O3.C11H15NO.C8H19N.C5H11N/c1-21(2,3)26-20(25)22-17-4-5-23(12-17)19(24)11-18-15-7-13-6-14(9-15)10-16(18)8-13;13-6-12-11-9-2-7-1-8(4-9)5-10(11)3-7;1-6-9(7(2)3)8(4)5;1-5-2-3-6-4-5/h13-18H,4-12H2,1-3H3,(H,22,25);7-11H,1-5H2;7-8H,6H2,1-5H3;5-6H,2-4H2,1H3/t13?,14?,15?,16?,17-,18?;;;5-/m1..1/s1. The fraction of sp³-hybridized carbons (Fsp3) is 0.933. The molecule has 308 valence electrons. The van der Waals surface area contributed by atoms with Crippen molar-refractivity contribution in [3.63, 3.8) is 0 Å². The first-order chi connectivity index (χ1) is 25.6. The van der Waals surface area contributed by atoms with Gasteiger partial charge in [0.2, 0.25) is 12.0 Å². The van der Waals surface area contributed by atoms with Gasteiger partial charge in [-0.05, 0) is 204 Å². The molecule has 2 aliphatic heterocycles. The molecule has 0 spiro atoms. The Morgan fingerprint density at radius 2 is 1.37 bits per heavy atom. The van der Waals surface area contributed by atoms with E-state index in [1.54, 1.807) is 6.08 Å². The van der Waals surface area contributed by atoms with Crippen LogP contribution < -0.4 is 10.6 Å². The predicted molar refractivity (Wildman–Crippen MR) is 218 cm³/mol. The number of carbonyl (C=O) groups excluding carboxylic acids is 3. The summed E-state index contributed by atoms with van der Waals surface area (Å²) >= 11 is 0. The van der Waals surface area contributed by atoms with Gasteiger partial charge in [-0.15, -0.1) is 0 Å². The van der Waals surface area contributed by atoms with Crippen LogP contribution in [0.15, 0.2) is 4.99 Å². The summed E-state index contributed by atoms with van der Waals surface area (Å²) in [6.45, 7) is 24.1. The SMILES string of the molecule is CC(C)(C)OC(=O)N[C@@H]1CCN(C(=O)CC2C3CC4CC(C3)CC2C4)C1.CCN(C(C)C)C(C)C.C[C@@H]1CCNC1.O=C=NC1C2CC3CC(C2)CC1C3. The minimum atomic E-state index is -0.488. The van der Waals surface area contributed by atoms with Gasteiger partial charge in [0.15, 0.2) is 0 Å². The molecule has 9 heteroatoms. The second kappa shape index (κ2) is 19.5. The van der Waals surface area contributed by atoms with Crippen molar-refractivity contribution in [1.82, 2.24) is 20.4 Å². The molecule has 2 amide bonds. The molecule has 2 N–H and O–H groups in total. The van der Waals surface area contributed by atoms with Crippen molar-refractivity contribution in [2.75, 3.05) is 32.7 Å². The molecule has 9 nitrogen and oxygen atoms in total. The molecule has 10 aliphatic rings. The number of likely N-dealkylation sites (tertiary alicyclic amines) is 1. The summed E-state index contributed by atoms with van der Waals surface area (Å²) in [6, 6.07) is 1.75. The van der Waals surface area contributed by atoms with E-state index in [4.69, 9.17) is 4.74 Å². The van der Waals surface area contributed by atoms with Gasteiger partial charge in [-0.25, -0.2) is 14.6 Å². The molecule has 10 fully saturated rings. The van der Waals surface area contributed by atoms with Crippen LogP contribution in [0.25, 0.3) is 0 Å². The Kier molecular flexibility index (Phi) is 15.6. The lowest BCUT2D eigenvalue weighted by molar-refractivity contribution is -0.135. The molecular formula is C45H79N5O4. The van der Waals surface area contributed by atoms with E-state index in [1.165, 1.54) is 83.7 Å². The lowest BCUT2D eigenvalue weighted by Crippen LogP contribution is -2.47. The average molecular weight is 754 g/mol. The quantitative estimate of drug-likeness (QED) is 0.200. The topological polar surface area (TPSA) is 103 Å². The molecule has 0 aromatic carbocycles. The van der Waals surface area contributed by atoms with Gasteiger partial charge in [-0.1, -0.05) is 13.8 Å². The summed E-state index contributed by atoms with van der Waals surface area (Å²) < 4.78 is 5.33. The number of nitrogens with zero attached hydrogens (tertiary/aromatic N) is 3. The summed E-state index contributed by atoms with van der Waals surface area (Å²) in [5.74, 6) is 8.78. The lowest BCUT2D eigenvalue weighted by Gasteiger charge is -2.54. The molecule has 2 heterocycles. The van der Waals surface area contributed by atoms with Crippen LogP contribution >= 0.6 is 0 Å². The van der Waals surface area contributed by atoms with Crippen molar-refractivity contribution in [1.29, 1.82) is 0 Å². The van der Waals surface area contributed by atoms with Crippen LogP contribution in [0.1, 0.15) is 146 Å². The third-order valence-electron chi connectivity index (χ3n) is 14.5. The van der Waals surface area contributed by atoms with Crippen LogP contribution in [0.4, 0.5) is 4.79 Å². The number of rotatable bonds is 7. The summed E-state index contributed by atoms with van der Waals surface area (Å²) in [7, 11) is 0. The first-order valence-corrected chi connectivity index (χ1v) is 22.4. The van der Waals surface area contributed by atoms with E-state index in [0.29, 0.717) is 36.5 Å². The van der Waals surface area contributed by atoms with Crippen LogP contribution in [-0.2, 0) is 14.3 Å². The van der Waals surface area contributed by atoms with Crippen molar-refractivity contribution in [3.05, 3.63) is 0 Å². The Morgan fingerprint density at radius 1 is 0.852 bits per heavy atom. The summed E-state index contributed by atoms with van der Waals surface area (Å²) in [5.41, 5.74) is -0.488. The van der Waals surface area contributed by atoms with Gasteiger partial charge < -0.3 is 20.3 Å². The zero-order valence-corrected chi connectivity index (χ0v) is 35.8. The summed E-state index contributed by atoms with van der Waals surface area (Å²) in [6.07, 6.45) is 18.1. The molecule has 8 aliphatic carbocycles. The number of isocyanates is 1. The van der Waals surface area contributed by atoms with Crippen molar-refractivity contribution in [3.8, 4) is 0 Å². The Labute approximate surface area is 329 Å². The highest BCUT2D eigenvalue weighted by atomic mass is 16.6. The van der Waals surface area contributed by atoms with Crippen LogP contribution in [0.5, 0.6) is 0 Å². The molecule has 0 radical (unpaired) electrons. The number of aliphatic imine (C=N–C) groups is 1. The van der Waals surface area contributed by atoms with Crippen LogP contribution in [0.3, 0.4) is 0 Å². The highest BCUT2D eigenvalue weighted by Crippen LogP contribution is 2.57. The first-order valence-electron chi connectivity index (χ1n) is 22.4. The Hall–Kier alpha value is -1.96. The Balaban J connectivity index is 0.000000165. The molecule has 2 atom stereocenters. The fourth-order valence-corrected chi connectivity index (χ4v) is 12.6. The van der Waals surface area contributed by atoms with E-state index < -0.39 is 5.60 Å². The number of carbonyl (C=O) groups is 2. The predicted octanol–water partition coefficient (Wildman–Crippen LogP) is 8.46. The molecule has 0 aromatic rings. The molecule has 0 unspecified atom stereocenters. The Morgan fingerprint density at radius 3 is 1.74 bits per heavy atom. The van der Waals surface area contributed by atoms with E-state index in [9.17, 15) is 14.4 Å². The maximum Gasteiger partial charge on any atom is 0.407 e. The van der Waals surface area contributed by atoms with Gasteiger partial charge in [0.05, 0.1) is 12.1 Å². The average Bonchev–Trinajstić information content (AvgIpc) is 3.75. The zero-order chi connectivity index (χ0) is 39.2. The second-order valence-electron chi connectivity index (χ2n) is 20.5. The van der Waals surface area contributed by atoms with Crippen LogP contribution in [0.2, 0.25) is 0 Å². The highest BCUT2D eigenvalue weighted by Gasteiger charge is 2.50. The monoisotopic (exact) mass is 754 g/mol. The largest absolute Gasteiger partial charge is 0.444 e. The van der Waals surface area contributed by atoms with E-state index in [-0.39, 0.29) is 12.1 Å². The lowest BCUT2D eigenvalue weighted by atomic mass is 9.51. The van der Waals surface area contributed by atoms with Gasteiger partial charge in [-0.2, -0.15) is 0 Å². The number of amides is 2. The van der Waals surface area contributed by atoms with Crippen molar-refractivity contribution in [2.24, 2.45) is 64.2 Å². The maximum atomic E-state index is 12.9. The number of ether oxygens (including phenoxy) is 1. The molecule has 10 rings (SSSR count). The van der Waals surface area contributed by atoms with Gasteiger partial charge in [0, 0.05) is 31.6 Å². The van der Waals surface area contributed by atoms with Crippen molar-refractivity contribution in [2.45, 2.75) is 176 Å². The van der Waals surface area contributed by atoms with Gasteiger partial charge in [-0.3, -0.25) is 9.69 Å². The highest BCUT2D eigenvalue weighted by molar-refractivity contribution is 5.77. The Bertz CT molecular complexity index is 1190. The maximum absolute atomic E-state index is 12.9. The van der Waals surface area contributed by atoms with E-state index in [1.807, 2.05) is 25.7 Å².